The van der Waals surface area contributed by atoms with E-state index in [1.165, 1.54) is 5.56 Å². The third kappa shape index (κ3) is 3.06. The van der Waals surface area contributed by atoms with Gasteiger partial charge in [0.2, 0.25) is 5.91 Å². The van der Waals surface area contributed by atoms with E-state index in [9.17, 15) is 4.79 Å². The number of carbonyl (C=O) groups excluding carboxylic acids is 1. The van der Waals surface area contributed by atoms with Crippen molar-refractivity contribution in [2.45, 2.75) is 25.4 Å². The summed E-state index contributed by atoms with van der Waals surface area (Å²) in [5.41, 5.74) is 1.20. The zero-order valence-corrected chi connectivity index (χ0v) is 10.6. The lowest BCUT2D eigenvalue weighted by Crippen LogP contribution is -2.47. The van der Waals surface area contributed by atoms with Crippen molar-refractivity contribution in [3.05, 3.63) is 34.3 Å². The summed E-state index contributed by atoms with van der Waals surface area (Å²) in [6.07, 6.45) is 1.99. The Bertz CT molecular complexity index is 364. The van der Waals surface area contributed by atoms with E-state index < -0.39 is 0 Å². The molecule has 1 aliphatic rings. The number of hydrogen-bond donors (Lipinski definition) is 2. The lowest BCUT2D eigenvalue weighted by Gasteiger charge is -2.22. The second-order valence-corrected chi connectivity index (χ2v) is 4.91. The Balaban J connectivity index is 1.86. The van der Waals surface area contributed by atoms with Gasteiger partial charge in [-0.1, -0.05) is 28.1 Å². The fourth-order valence-corrected chi connectivity index (χ4v) is 2.07. The highest BCUT2D eigenvalue weighted by molar-refractivity contribution is 9.10. The molecule has 2 N–H and O–H groups in total. The van der Waals surface area contributed by atoms with Gasteiger partial charge in [-0.05, 0) is 30.5 Å². The Hall–Kier alpha value is -0.870. The van der Waals surface area contributed by atoms with Crippen LogP contribution in [-0.4, -0.2) is 18.5 Å². The van der Waals surface area contributed by atoms with Crippen molar-refractivity contribution in [3.8, 4) is 0 Å². The number of amides is 1. The molecule has 1 fully saturated rings. The standard InChI is InChI=1S/C12H15BrN2O/c13-10-5-3-9(4-6-10)8-15-11-2-1-7-14-12(11)16/h3-6,11,15H,1-2,7-8H2,(H,14,16). The van der Waals surface area contributed by atoms with Crippen molar-refractivity contribution >= 4 is 21.8 Å². The van der Waals surface area contributed by atoms with Gasteiger partial charge in [-0.15, -0.1) is 0 Å². The Morgan fingerprint density at radius 1 is 1.38 bits per heavy atom. The molecule has 1 aromatic rings. The molecule has 1 amide bonds. The molecule has 16 heavy (non-hydrogen) atoms. The van der Waals surface area contributed by atoms with Gasteiger partial charge < -0.3 is 10.6 Å². The van der Waals surface area contributed by atoms with Crippen LogP contribution in [-0.2, 0) is 11.3 Å². The third-order valence-corrected chi connectivity index (χ3v) is 3.28. The van der Waals surface area contributed by atoms with E-state index in [0.717, 1.165) is 30.4 Å². The molecule has 0 radical (unpaired) electrons. The molecule has 86 valence electrons. The van der Waals surface area contributed by atoms with E-state index in [1.54, 1.807) is 0 Å². The molecule has 1 aromatic carbocycles. The maximum absolute atomic E-state index is 11.5. The van der Waals surface area contributed by atoms with Crippen molar-refractivity contribution in [1.82, 2.24) is 10.6 Å². The van der Waals surface area contributed by atoms with Crippen LogP contribution in [0.4, 0.5) is 0 Å². The molecule has 0 spiro atoms. The summed E-state index contributed by atoms with van der Waals surface area (Å²) >= 11 is 3.40. The molecular formula is C12H15BrN2O. The molecule has 1 atom stereocenters. The van der Waals surface area contributed by atoms with Gasteiger partial charge in [0, 0.05) is 17.6 Å². The second-order valence-electron chi connectivity index (χ2n) is 3.99. The normalized spacial score (nSPS) is 20.6. The van der Waals surface area contributed by atoms with Crippen LogP contribution in [0.15, 0.2) is 28.7 Å². The first-order valence-electron chi connectivity index (χ1n) is 5.51. The van der Waals surface area contributed by atoms with E-state index in [0.29, 0.717) is 0 Å². The summed E-state index contributed by atoms with van der Waals surface area (Å²) in [5, 5.41) is 6.15. The first-order valence-corrected chi connectivity index (χ1v) is 6.30. The molecule has 0 saturated carbocycles. The van der Waals surface area contributed by atoms with Gasteiger partial charge in [0.25, 0.3) is 0 Å². The average molecular weight is 283 g/mol. The van der Waals surface area contributed by atoms with E-state index in [-0.39, 0.29) is 11.9 Å². The van der Waals surface area contributed by atoms with Crippen LogP contribution in [0, 0.1) is 0 Å². The summed E-state index contributed by atoms with van der Waals surface area (Å²) in [4.78, 5) is 11.5. The number of benzene rings is 1. The first-order chi connectivity index (χ1) is 7.75. The quantitative estimate of drug-likeness (QED) is 0.888. The number of hydrogen-bond acceptors (Lipinski definition) is 2. The minimum Gasteiger partial charge on any atom is -0.355 e. The molecule has 1 aliphatic heterocycles. The zero-order valence-electron chi connectivity index (χ0n) is 9.00. The Morgan fingerprint density at radius 2 is 2.12 bits per heavy atom. The minimum absolute atomic E-state index is 0.0302. The predicted molar refractivity (Wildman–Crippen MR) is 67.0 cm³/mol. The minimum atomic E-state index is -0.0302. The van der Waals surface area contributed by atoms with E-state index >= 15 is 0 Å². The number of carbonyl (C=O) groups is 1. The van der Waals surface area contributed by atoms with Crippen LogP contribution in [0.1, 0.15) is 18.4 Å². The Kier molecular flexibility index (Phi) is 3.96. The van der Waals surface area contributed by atoms with Crippen molar-refractivity contribution in [3.63, 3.8) is 0 Å². The monoisotopic (exact) mass is 282 g/mol. The number of rotatable bonds is 3. The summed E-state index contributed by atoms with van der Waals surface area (Å²) < 4.78 is 1.08. The molecule has 4 heteroatoms. The Labute approximate surface area is 104 Å². The topological polar surface area (TPSA) is 41.1 Å². The van der Waals surface area contributed by atoms with Crippen LogP contribution >= 0.6 is 15.9 Å². The lowest BCUT2D eigenvalue weighted by atomic mass is 10.1. The number of piperidine rings is 1. The summed E-state index contributed by atoms with van der Waals surface area (Å²) in [6, 6.07) is 8.10. The molecule has 0 aromatic heterocycles. The van der Waals surface area contributed by atoms with Gasteiger partial charge in [-0.2, -0.15) is 0 Å². The SMILES string of the molecule is O=C1NCCCC1NCc1ccc(Br)cc1. The van der Waals surface area contributed by atoms with Crippen LogP contribution in [0.2, 0.25) is 0 Å². The van der Waals surface area contributed by atoms with Crippen LogP contribution in [0.25, 0.3) is 0 Å². The summed E-state index contributed by atoms with van der Waals surface area (Å²) in [5.74, 6) is 0.128. The van der Waals surface area contributed by atoms with Gasteiger partial charge in [-0.3, -0.25) is 4.79 Å². The van der Waals surface area contributed by atoms with Crippen molar-refractivity contribution in [2.75, 3.05) is 6.54 Å². The predicted octanol–water partition coefficient (Wildman–Crippen LogP) is 1.82. The van der Waals surface area contributed by atoms with Gasteiger partial charge in [0.1, 0.15) is 0 Å². The van der Waals surface area contributed by atoms with Gasteiger partial charge in [0.15, 0.2) is 0 Å². The largest absolute Gasteiger partial charge is 0.355 e. The van der Waals surface area contributed by atoms with E-state index in [1.807, 2.05) is 12.1 Å². The molecule has 1 saturated heterocycles. The number of nitrogens with one attached hydrogen (secondary N) is 2. The Morgan fingerprint density at radius 3 is 2.81 bits per heavy atom. The van der Waals surface area contributed by atoms with Gasteiger partial charge >= 0.3 is 0 Å². The fourth-order valence-electron chi connectivity index (χ4n) is 1.81. The maximum Gasteiger partial charge on any atom is 0.237 e. The third-order valence-electron chi connectivity index (χ3n) is 2.75. The van der Waals surface area contributed by atoms with E-state index in [4.69, 9.17) is 0 Å². The van der Waals surface area contributed by atoms with Crippen molar-refractivity contribution in [1.29, 1.82) is 0 Å². The molecule has 1 heterocycles. The van der Waals surface area contributed by atoms with Gasteiger partial charge in [-0.25, -0.2) is 0 Å². The number of halogens is 1. The molecule has 0 bridgehead atoms. The van der Waals surface area contributed by atoms with Crippen LogP contribution in [0.5, 0.6) is 0 Å². The second kappa shape index (κ2) is 5.46. The first kappa shape index (κ1) is 11.6. The van der Waals surface area contributed by atoms with Gasteiger partial charge in [0.05, 0.1) is 6.04 Å². The van der Waals surface area contributed by atoms with Crippen LogP contribution in [0.3, 0.4) is 0 Å². The highest BCUT2D eigenvalue weighted by Crippen LogP contribution is 2.11. The lowest BCUT2D eigenvalue weighted by molar-refractivity contribution is -0.124. The maximum atomic E-state index is 11.5. The van der Waals surface area contributed by atoms with E-state index in [2.05, 4.69) is 38.7 Å². The molecule has 1 unspecified atom stereocenters. The summed E-state index contributed by atoms with van der Waals surface area (Å²) in [6.45, 7) is 1.56. The van der Waals surface area contributed by atoms with Crippen molar-refractivity contribution < 1.29 is 4.79 Å². The molecule has 3 nitrogen and oxygen atoms in total. The van der Waals surface area contributed by atoms with Crippen molar-refractivity contribution in [2.24, 2.45) is 0 Å². The zero-order chi connectivity index (χ0) is 11.4. The molecular weight excluding hydrogens is 268 g/mol. The molecule has 2 rings (SSSR count). The highest BCUT2D eigenvalue weighted by atomic mass is 79.9. The fraction of sp³-hybridized carbons (Fsp3) is 0.417. The smallest absolute Gasteiger partial charge is 0.237 e. The summed E-state index contributed by atoms with van der Waals surface area (Å²) in [7, 11) is 0. The highest BCUT2D eigenvalue weighted by Gasteiger charge is 2.20. The molecule has 0 aliphatic carbocycles. The van der Waals surface area contributed by atoms with Crippen LogP contribution < -0.4 is 10.6 Å². The average Bonchev–Trinajstić information content (AvgIpc) is 2.30.